The largest absolute Gasteiger partial charge is 0.462 e. The van der Waals surface area contributed by atoms with Crippen molar-refractivity contribution in [3.63, 3.8) is 0 Å². The average Bonchev–Trinajstić information content (AvgIpc) is 2.74. The lowest BCUT2D eigenvalue weighted by molar-refractivity contribution is 0.0526. The second-order valence-corrected chi connectivity index (χ2v) is 7.16. The number of esters is 1. The van der Waals surface area contributed by atoms with Crippen molar-refractivity contribution in [3.05, 3.63) is 94.5 Å². The number of rotatable bonds is 6. The molecule has 0 fully saturated rings. The molecule has 31 heavy (non-hydrogen) atoms. The molecular weight excluding hydrogens is 392 g/mol. The number of benzene rings is 3. The zero-order valence-electron chi connectivity index (χ0n) is 17.7. The number of ether oxygens (including phenoxy) is 1. The Morgan fingerprint density at radius 1 is 0.677 bits per heavy atom. The van der Waals surface area contributed by atoms with Gasteiger partial charge in [-0.2, -0.15) is 0 Å². The minimum absolute atomic E-state index is 0.212. The summed E-state index contributed by atoms with van der Waals surface area (Å²) in [7, 11) is 0. The molecule has 0 aromatic heterocycles. The lowest BCUT2D eigenvalue weighted by Crippen LogP contribution is -2.15. The fraction of sp³-hybridized carbons (Fsp3) is 0.160. The molecule has 6 nitrogen and oxygen atoms in total. The van der Waals surface area contributed by atoms with Crippen LogP contribution >= 0.6 is 0 Å². The first-order valence-electron chi connectivity index (χ1n) is 9.94. The third-order valence-electron chi connectivity index (χ3n) is 4.59. The molecule has 0 unspecified atom stereocenters. The van der Waals surface area contributed by atoms with Crippen LogP contribution in [0.25, 0.3) is 0 Å². The van der Waals surface area contributed by atoms with Crippen molar-refractivity contribution in [3.8, 4) is 0 Å². The van der Waals surface area contributed by atoms with Crippen LogP contribution in [0.15, 0.2) is 66.7 Å². The van der Waals surface area contributed by atoms with Crippen LogP contribution < -0.4 is 10.6 Å². The molecule has 3 aromatic carbocycles. The van der Waals surface area contributed by atoms with Gasteiger partial charge in [0.05, 0.1) is 12.2 Å². The quantitative estimate of drug-likeness (QED) is 0.555. The van der Waals surface area contributed by atoms with Gasteiger partial charge in [0.1, 0.15) is 0 Å². The normalized spacial score (nSPS) is 10.3. The van der Waals surface area contributed by atoms with Crippen LogP contribution in [0.1, 0.15) is 49.1 Å². The van der Waals surface area contributed by atoms with Crippen LogP contribution in [-0.4, -0.2) is 24.4 Å². The van der Waals surface area contributed by atoms with Crippen molar-refractivity contribution in [1.29, 1.82) is 0 Å². The maximum absolute atomic E-state index is 12.6. The zero-order chi connectivity index (χ0) is 22.4. The Morgan fingerprint density at radius 3 is 1.48 bits per heavy atom. The topological polar surface area (TPSA) is 84.5 Å². The summed E-state index contributed by atoms with van der Waals surface area (Å²) in [5.74, 6) is -1.19. The van der Waals surface area contributed by atoms with Gasteiger partial charge in [-0.3, -0.25) is 9.59 Å². The lowest BCUT2D eigenvalue weighted by Gasteiger charge is -2.12. The van der Waals surface area contributed by atoms with E-state index in [-0.39, 0.29) is 24.0 Å². The number of hydrogen-bond acceptors (Lipinski definition) is 4. The fourth-order valence-corrected chi connectivity index (χ4v) is 2.92. The maximum atomic E-state index is 12.6. The molecule has 0 aliphatic heterocycles. The first-order chi connectivity index (χ1) is 14.9. The summed E-state index contributed by atoms with van der Waals surface area (Å²) in [5.41, 5.74) is 4.02. The van der Waals surface area contributed by atoms with E-state index in [1.54, 1.807) is 37.3 Å². The molecule has 0 bridgehead atoms. The Morgan fingerprint density at radius 2 is 1.10 bits per heavy atom. The molecule has 0 radical (unpaired) electrons. The summed E-state index contributed by atoms with van der Waals surface area (Å²) in [4.78, 5) is 37.5. The molecule has 6 heteroatoms. The van der Waals surface area contributed by atoms with Crippen molar-refractivity contribution in [2.24, 2.45) is 0 Å². The molecule has 0 spiro atoms. The van der Waals surface area contributed by atoms with E-state index >= 15 is 0 Å². The van der Waals surface area contributed by atoms with Crippen LogP contribution in [0.4, 0.5) is 11.4 Å². The highest BCUT2D eigenvalue weighted by molar-refractivity contribution is 6.07. The summed E-state index contributed by atoms with van der Waals surface area (Å²) in [6, 6.07) is 18.9. The van der Waals surface area contributed by atoms with Crippen molar-refractivity contribution in [2.45, 2.75) is 20.8 Å². The number of carbonyl (C=O) groups is 3. The van der Waals surface area contributed by atoms with Gasteiger partial charge < -0.3 is 15.4 Å². The Labute approximate surface area is 181 Å². The molecule has 0 atom stereocenters. The van der Waals surface area contributed by atoms with E-state index in [1.165, 1.54) is 12.1 Å². The molecule has 3 rings (SSSR count). The highest BCUT2D eigenvalue weighted by Crippen LogP contribution is 2.22. The molecule has 0 aliphatic carbocycles. The van der Waals surface area contributed by atoms with Crippen LogP contribution in [0.3, 0.4) is 0 Å². The molecule has 0 saturated carbocycles. The fourth-order valence-electron chi connectivity index (χ4n) is 2.92. The third kappa shape index (κ3) is 5.79. The van der Waals surface area contributed by atoms with Crippen molar-refractivity contribution in [1.82, 2.24) is 0 Å². The number of hydrogen-bond donors (Lipinski definition) is 2. The van der Waals surface area contributed by atoms with E-state index in [0.29, 0.717) is 22.5 Å². The van der Waals surface area contributed by atoms with Crippen molar-refractivity contribution >= 4 is 29.2 Å². The van der Waals surface area contributed by atoms with Gasteiger partial charge >= 0.3 is 5.97 Å². The van der Waals surface area contributed by atoms with E-state index in [9.17, 15) is 14.4 Å². The van der Waals surface area contributed by atoms with Gasteiger partial charge in [-0.1, -0.05) is 35.4 Å². The summed E-state index contributed by atoms with van der Waals surface area (Å²) in [5, 5.41) is 5.56. The van der Waals surface area contributed by atoms with Gasteiger partial charge in [0, 0.05) is 22.5 Å². The highest BCUT2D eigenvalue weighted by atomic mass is 16.5. The Kier molecular flexibility index (Phi) is 6.82. The lowest BCUT2D eigenvalue weighted by atomic mass is 10.1. The van der Waals surface area contributed by atoms with Crippen LogP contribution in [0, 0.1) is 13.8 Å². The summed E-state index contributed by atoms with van der Waals surface area (Å²) < 4.78 is 5.08. The molecule has 0 saturated heterocycles. The summed E-state index contributed by atoms with van der Waals surface area (Å²) in [6.07, 6.45) is 0. The van der Waals surface area contributed by atoms with E-state index in [4.69, 9.17) is 4.74 Å². The van der Waals surface area contributed by atoms with E-state index in [1.807, 2.05) is 38.1 Å². The smallest absolute Gasteiger partial charge is 0.338 e. The maximum Gasteiger partial charge on any atom is 0.338 e. The summed E-state index contributed by atoms with van der Waals surface area (Å²) >= 11 is 0. The minimum Gasteiger partial charge on any atom is -0.462 e. The zero-order valence-corrected chi connectivity index (χ0v) is 17.7. The predicted octanol–water partition coefficient (Wildman–Crippen LogP) is 4.98. The Balaban J connectivity index is 1.87. The van der Waals surface area contributed by atoms with E-state index in [2.05, 4.69) is 10.6 Å². The summed E-state index contributed by atoms with van der Waals surface area (Å²) in [6.45, 7) is 5.80. The average molecular weight is 416 g/mol. The van der Waals surface area contributed by atoms with Crippen molar-refractivity contribution < 1.29 is 19.1 Å². The van der Waals surface area contributed by atoms with Gasteiger partial charge in [-0.05, 0) is 63.2 Å². The molecule has 3 aromatic rings. The number of carbonyl (C=O) groups excluding carboxylic acids is 3. The molecule has 0 heterocycles. The number of nitrogens with one attached hydrogen (secondary N) is 2. The van der Waals surface area contributed by atoms with E-state index < -0.39 is 5.97 Å². The van der Waals surface area contributed by atoms with Gasteiger partial charge in [-0.15, -0.1) is 0 Å². The number of aryl methyl sites for hydroxylation is 2. The van der Waals surface area contributed by atoms with Crippen molar-refractivity contribution in [2.75, 3.05) is 17.2 Å². The molecule has 2 amide bonds. The molecule has 2 N–H and O–H groups in total. The molecular formula is C25H24N2O4. The number of anilines is 2. The first kappa shape index (κ1) is 21.8. The predicted molar refractivity (Wildman–Crippen MR) is 121 cm³/mol. The number of amides is 2. The van der Waals surface area contributed by atoms with Crippen LogP contribution in [-0.2, 0) is 4.74 Å². The molecule has 0 aliphatic rings. The highest BCUT2D eigenvalue weighted by Gasteiger charge is 2.14. The first-order valence-corrected chi connectivity index (χ1v) is 9.94. The van der Waals surface area contributed by atoms with Crippen LogP contribution in [0.5, 0.6) is 0 Å². The minimum atomic E-state index is -0.542. The standard InChI is InChI=1S/C25H24N2O4/c1-4-31-25(30)20-13-21(26-23(28)18-9-5-16(2)6-10-18)15-22(14-20)27-24(29)19-11-7-17(3)8-12-19/h5-15H,4H2,1-3H3,(H,26,28)(H,27,29). The Hall–Kier alpha value is -3.93. The Bertz CT molecular complexity index is 1030. The molecule has 158 valence electrons. The SMILES string of the molecule is CCOC(=O)c1cc(NC(=O)c2ccc(C)cc2)cc(NC(=O)c2ccc(C)cc2)c1. The van der Waals surface area contributed by atoms with Gasteiger partial charge in [-0.25, -0.2) is 4.79 Å². The monoisotopic (exact) mass is 416 g/mol. The third-order valence-corrected chi connectivity index (χ3v) is 4.59. The van der Waals surface area contributed by atoms with Crippen LogP contribution in [0.2, 0.25) is 0 Å². The van der Waals surface area contributed by atoms with E-state index in [0.717, 1.165) is 11.1 Å². The second kappa shape index (κ2) is 9.71. The van der Waals surface area contributed by atoms with Gasteiger partial charge in [0.2, 0.25) is 0 Å². The van der Waals surface area contributed by atoms with Gasteiger partial charge in [0.25, 0.3) is 11.8 Å². The van der Waals surface area contributed by atoms with Gasteiger partial charge in [0.15, 0.2) is 0 Å². The second-order valence-electron chi connectivity index (χ2n) is 7.16.